The van der Waals surface area contributed by atoms with Crippen LogP contribution in [0.2, 0.25) is 0 Å². The van der Waals surface area contributed by atoms with Crippen LogP contribution in [0.15, 0.2) is 59.8 Å². The first kappa shape index (κ1) is 24.6. The molecule has 0 aliphatic carbocycles. The van der Waals surface area contributed by atoms with Gasteiger partial charge in [0.25, 0.3) is 0 Å². The van der Waals surface area contributed by atoms with E-state index in [4.69, 9.17) is 4.74 Å². The van der Waals surface area contributed by atoms with E-state index in [2.05, 4.69) is 9.97 Å². The van der Waals surface area contributed by atoms with Gasteiger partial charge in [0.15, 0.2) is 14.9 Å². The molecule has 0 bridgehead atoms. The number of nitrogens with zero attached hydrogens (tertiary/aromatic N) is 4. The summed E-state index contributed by atoms with van der Waals surface area (Å²) in [6, 6.07) is 10.6. The van der Waals surface area contributed by atoms with Crippen LogP contribution in [-0.2, 0) is 16.4 Å². The third-order valence-corrected chi connectivity index (χ3v) is 7.08. The molecular weight excluding hydrogens is 513 g/mol. The molecule has 1 N–H and O–H groups in total. The van der Waals surface area contributed by atoms with E-state index >= 15 is 4.39 Å². The smallest absolute Gasteiger partial charge is 0.407 e. The fourth-order valence-corrected chi connectivity index (χ4v) is 5.03. The van der Waals surface area contributed by atoms with Gasteiger partial charge in [0.1, 0.15) is 17.4 Å². The zero-order valence-electron chi connectivity index (χ0n) is 19.2. The number of amides is 1. The third-order valence-electron chi connectivity index (χ3n) is 6.08. The Labute approximate surface area is 208 Å². The van der Waals surface area contributed by atoms with Crippen molar-refractivity contribution in [2.75, 3.05) is 12.8 Å². The van der Waals surface area contributed by atoms with Gasteiger partial charge in [-0.1, -0.05) is 18.2 Å². The van der Waals surface area contributed by atoms with Gasteiger partial charge in [0.05, 0.1) is 23.6 Å². The summed E-state index contributed by atoms with van der Waals surface area (Å²) < 4.78 is 71.2. The lowest BCUT2D eigenvalue weighted by Crippen LogP contribution is -2.41. The topological polar surface area (TPSA) is 115 Å². The Morgan fingerprint density at radius 1 is 1.19 bits per heavy atom. The highest BCUT2D eigenvalue weighted by Gasteiger charge is 2.34. The first-order valence-electron chi connectivity index (χ1n) is 10.9. The van der Waals surface area contributed by atoms with Crippen LogP contribution in [0.5, 0.6) is 5.75 Å². The number of imidazole rings is 1. The molecule has 3 heterocycles. The summed E-state index contributed by atoms with van der Waals surface area (Å²) in [6.45, 7) is -3.28. The molecule has 1 aliphatic rings. The highest BCUT2D eigenvalue weighted by molar-refractivity contribution is 7.90. The minimum Gasteiger partial charge on any atom is -0.465 e. The fourth-order valence-electron chi connectivity index (χ4n) is 4.47. The van der Waals surface area contributed by atoms with E-state index in [0.29, 0.717) is 22.5 Å². The van der Waals surface area contributed by atoms with Gasteiger partial charge in [-0.2, -0.15) is 8.78 Å². The Hall–Kier alpha value is -4.13. The van der Waals surface area contributed by atoms with E-state index in [1.54, 1.807) is 16.7 Å². The number of sulfone groups is 1. The highest BCUT2D eigenvalue weighted by atomic mass is 32.2. The van der Waals surface area contributed by atoms with Gasteiger partial charge in [-0.3, -0.25) is 4.90 Å². The summed E-state index contributed by atoms with van der Waals surface area (Å²) in [5.74, 6) is -0.474. The van der Waals surface area contributed by atoms with Crippen LogP contribution in [0.1, 0.15) is 17.4 Å². The fraction of sp³-hybridized carbons (Fsp3) is 0.208. The van der Waals surface area contributed by atoms with Gasteiger partial charge in [0, 0.05) is 41.8 Å². The molecule has 5 rings (SSSR count). The predicted molar refractivity (Wildman–Crippen MR) is 126 cm³/mol. The maximum absolute atomic E-state index is 15.1. The Morgan fingerprint density at radius 2 is 1.95 bits per heavy atom. The summed E-state index contributed by atoms with van der Waals surface area (Å²) in [6.07, 6.45) is 1.03. The van der Waals surface area contributed by atoms with Crippen LogP contribution in [0, 0.1) is 5.82 Å². The van der Waals surface area contributed by atoms with Gasteiger partial charge >= 0.3 is 12.7 Å². The second-order valence-corrected chi connectivity index (χ2v) is 10.4. The number of hydrogen-bond donors (Lipinski definition) is 1. The molecule has 2 aromatic heterocycles. The number of carboxylic acid groups (broad SMARTS) is 1. The van der Waals surface area contributed by atoms with Crippen LogP contribution in [0.25, 0.3) is 22.2 Å². The molecule has 37 heavy (non-hydrogen) atoms. The van der Waals surface area contributed by atoms with Crippen LogP contribution in [0.3, 0.4) is 0 Å². The lowest BCUT2D eigenvalue weighted by atomic mass is 10.0. The van der Waals surface area contributed by atoms with Crippen molar-refractivity contribution in [1.82, 2.24) is 19.4 Å². The molecule has 192 valence electrons. The number of pyridine rings is 1. The number of fused-ring (bicyclic) bond motifs is 3. The standard InChI is InChI=1S/C24H19F3N4O5S/c1-37(34,35)22-7-6-13(10-28-22)15-8-18-17(9-16(15)25)29-21-12-30(24(32)33)11-19(31(18)21)14-4-2-3-5-20(14)36-23(26)27/h2-10,19,23H,11-12H2,1H3,(H,32,33). The molecule has 4 aromatic rings. The van der Waals surface area contributed by atoms with Crippen molar-refractivity contribution in [2.24, 2.45) is 0 Å². The molecule has 0 saturated carbocycles. The minimum atomic E-state index is -3.55. The molecule has 1 atom stereocenters. The van der Waals surface area contributed by atoms with E-state index in [-0.39, 0.29) is 34.9 Å². The maximum Gasteiger partial charge on any atom is 0.407 e. The van der Waals surface area contributed by atoms with Crippen molar-refractivity contribution >= 4 is 27.0 Å². The quantitative estimate of drug-likeness (QED) is 0.407. The Balaban J connectivity index is 1.69. The average Bonchev–Trinajstić information content (AvgIpc) is 3.19. The lowest BCUT2D eigenvalue weighted by molar-refractivity contribution is -0.0508. The van der Waals surface area contributed by atoms with Gasteiger partial charge in [-0.05, 0) is 24.3 Å². The molecule has 0 radical (unpaired) electrons. The molecule has 2 aromatic carbocycles. The summed E-state index contributed by atoms with van der Waals surface area (Å²) in [4.78, 5) is 21.3. The Kier molecular flexibility index (Phi) is 6.02. The van der Waals surface area contributed by atoms with E-state index in [1.807, 2.05) is 0 Å². The Bertz CT molecular complexity index is 1620. The number of alkyl halides is 2. The van der Waals surface area contributed by atoms with Crippen LogP contribution in [-0.4, -0.2) is 58.5 Å². The van der Waals surface area contributed by atoms with E-state index in [1.165, 1.54) is 42.6 Å². The molecule has 1 unspecified atom stereocenters. The number of carbonyl (C=O) groups is 1. The second-order valence-electron chi connectivity index (χ2n) is 8.47. The number of halogens is 3. The van der Waals surface area contributed by atoms with E-state index in [9.17, 15) is 27.1 Å². The molecule has 13 heteroatoms. The summed E-state index contributed by atoms with van der Waals surface area (Å²) >= 11 is 0. The van der Waals surface area contributed by atoms with Crippen molar-refractivity contribution in [2.45, 2.75) is 24.2 Å². The minimum absolute atomic E-state index is 0.0886. The van der Waals surface area contributed by atoms with Gasteiger partial charge < -0.3 is 14.4 Å². The van der Waals surface area contributed by atoms with E-state index < -0.39 is 34.4 Å². The number of para-hydroxylation sites is 1. The predicted octanol–water partition coefficient (Wildman–Crippen LogP) is 4.33. The summed E-state index contributed by atoms with van der Waals surface area (Å²) in [5, 5.41) is 9.50. The van der Waals surface area contributed by atoms with E-state index in [0.717, 1.165) is 11.2 Å². The van der Waals surface area contributed by atoms with Crippen molar-refractivity contribution in [3.63, 3.8) is 0 Å². The molecule has 0 saturated heterocycles. The lowest BCUT2D eigenvalue weighted by Gasteiger charge is -2.34. The summed E-state index contributed by atoms with van der Waals surface area (Å²) in [7, 11) is -3.55. The third kappa shape index (κ3) is 4.57. The van der Waals surface area contributed by atoms with Crippen molar-refractivity contribution in [1.29, 1.82) is 0 Å². The Morgan fingerprint density at radius 3 is 2.59 bits per heavy atom. The number of rotatable bonds is 5. The SMILES string of the molecule is CS(=O)(=O)c1ccc(-c2cc3c(cc2F)nc2n3C(c3ccccc3OC(F)F)CN(C(=O)O)C2)cn1. The zero-order valence-corrected chi connectivity index (χ0v) is 20.0. The maximum atomic E-state index is 15.1. The largest absolute Gasteiger partial charge is 0.465 e. The van der Waals surface area contributed by atoms with Gasteiger partial charge in [-0.25, -0.2) is 27.6 Å². The monoisotopic (exact) mass is 532 g/mol. The molecule has 0 spiro atoms. The molecule has 1 aliphatic heterocycles. The molecular formula is C24H19F3N4O5S. The first-order chi connectivity index (χ1) is 17.5. The second kappa shape index (κ2) is 9.07. The number of ether oxygens (including phenoxy) is 1. The van der Waals surface area contributed by atoms with Crippen molar-refractivity contribution < 1.29 is 36.2 Å². The molecule has 0 fully saturated rings. The van der Waals surface area contributed by atoms with Crippen molar-refractivity contribution in [3.8, 4) is 16.9 Å². The van der Waals surface area contributed by atoms with Crippen molar-refractivity contribution in [3.05, 3.63) is 71.9 Å². The van der Waals surface area contributed by atoms with Crippen LogP contribution in [0.4, 0.5) is 18.0 Å². The van der Waals surface area contributed by atoms with Crippen LogP contribution < -0.4 is 4.74 Å². The van der Waals surface area contributed by atoms with Gasteiger partial charge in [0.2, 0.25) is 0 Å². The number of aromatic nitrogens is 3. The summed E-state index contributed by atoms with van der Waals surface area (Å²) in [5.41, 5.74) is 1.39. The molecule has 9 nitrogen and oxygen atoms in total. The van der Waals surface area contributed by atoms with Crippen LogP contribution >= 0.6 is 0 Å². The zero-order chi connectivity index (χ0) is 26.5. The highest BCUT2D eigenvalue weighted by Crippen LogP contribution is 2.38. The number of hydrogen-bond acceptors (Lipinski definition) is 6. The normalized spacial score (nSPS) is 15.7. The number of benzene rings is 2. The van der Waals surface area contributed by atoms with Gasteiger partial charge in [-0.15, -0.1) is 0 Å². The molecule has 1 amide bonds. The first-order valence-corrected chi connectivity index (χ1v) is 12.8. The average molecular weight is 533 g/mol.